The SMILES string of the molecule is CC(=O)/C=C/C(CC=C(C)C)C(C)(C)O. The highest BCUT2D eigenvalue weighted by molar-refractivity contribution is 5.87. The molecule has 0 aliphatic heterocycles. The third-order valence-corrected chi connectivity index (χ3v) is 2.25. The highest BCUT2D eigenvalue weighted by atomic mass is 16.3. The average Bonchev–Trinajstić information content (AvgIpc) is 2.00. The number of hydrogen-bond donors (Lipinski definition) is 1. The lowest BCUT2D eigenvalue weighted by Crippen LogP contribution is -2.29. The van der Waals surface area contributed by atoms with Crippen molar-refractivity contribution >= 4 is 5.78 Å². The fourth-order valence-electron chi connectivity index (χ4n) is 1.22. The molecular weight excluding hydrogens is 188 g/mol. The molecule has 0 saturated heterocycles. The van der Waals surface area contributed by atoms with Crippen LogP contribution in [0.4, 0.5) is 0 Å². The van der Waals surface area contributed by atoms with Crippen molar-refractivity contribution < 1.29 is 9.90 Å². The summed E-state index contributed by atoms with van der Waals surface area (Å²) in [6.07, 6.45) is 6.16. The van der Waals surface area contributed by atoms with Crippen molar-refractivity contribution in [2.45, 2.75) is 46.6 Å². The molecule has 0 radical (unpaired) electrons. The number of ketones is 1. The van der Waals surface area contributed by atoms with Crippen molar-refractivity contribution in [3.63, 3.8) is 0 Å². The Morgan fingerprint density at radius 1 is 1.33 bits per heavy atom. The van der Waals surface area contributed by atoms with Crippen LogP contribution in [0.3, 0.4) is 0 Å². The van der Waals surface area contributed by atoms with Gasteiger partial charge in [0.25, 0.3) is 0 Å². The molecule has 0 aromatic heterocycles. The molecule has 0 rings (SSSR count). The van der Waals surface area contributed by atoms with Crippen LogP contribution >= 0.6 is 0 Å². The Bertz CT molecular complexity index is 263. The van der Waals surface area contributed by atoms with E-state index in [1.165, 1.54) is 18.6 Å². The molecule has 0 aromatic rings. The number of carbonyl (C=O) groups is 1. The Morgan fingerprint density at radius 3 is 2.20 bits per heavy atom. The van der Waals surface area contributed by atoms with Crippen molar-refractivity contribution in [3.8, 4) is 0 Å². The molecule has 0 saturated carbocycles. The van der Waals surface area contributed by atoms with E-state index >= 15 is 0 Å². The van der Waals surface area contributed by atoms with Crippen LogP contribution in [0.1, 0.15) is 41.0 Å². The summed E-state index contributed by atoms with van der Waals surface area (Å²) in [4.78, 5) is 10.8. The quantitative estimate of drug-likeness (QED) is 0.559. The molecule has 0 aromatic carbocycles. The number of hydrogen-bond acceptors (Lipinski definition) is 2. The zero-order valence-corrected chi connectivity index (χ0v) is 10.4. The van der Waals surface area contributed by atoms with E-state index in [0.29, 0.717) is 0 Å². The summed E-state index contributed by atoms with van der Waals surface area (Å²) in [6.45, 7) is 9.09. The van der Waals surface area contributed by atoms with Gasteiger partial charge in [0, 0.05) is 5.92 Å². The first-order valence-electron chi connectivity index (χ1n) is 5.28. The predicted octanol–water partition coefficient (Wildman–Crippen LogP) is 2.88. The van der Waals surface area contributed by atoms with E-state index in [1.807, 2.05) is 13.8 Å². The predicted molar refractivity (Wildman–Crippen MR) is 63.7 cm³/mol. The molecule has 2 nitrogen and oxygen atoms in total. The van der Waals surface area contributed by atoms with Gasteiger partial charge < -0.3 is 5.11 Å². The molecule has 0 heterocycles. The van der Waals surface area contributed by atoms with Gasteiger partial charge in [-0.25, -0.2) is 0 Å². The van der Waals surface area contributed by atoms with Crippen LogP contribution in [-0.2, 0) is 4.79 Å². The van der Waals surface area contributed by atoms with E-state index in [-0.39, 0.29) is 11.7 Å². The average molecular weight is 210 g/mol. The summed E-state index contributed by atoms with van der Waals surface area (Å²) in [5, 5.41) is 9.91. The first kappa shape index (κ1) is 14.1. The number of aliphatic hydroxyl groups is 1. The number of carbonyl (C=O) groups excluding carboxylic acids is 1. The van der Waals surface area contributed by atoms with Crippen molar-refractivity contribution in [1.82, 2.24) is 0 Å². The van der Waals surface area contributed by atoms with Gasteiger partial charge in [0.2, 0.25) is 0 Å². The van der Waals surface area contributed by atoms with Gasteiger partial charge in [-0.3, -0.25) is 4.79 Å². The minimum Gasteiger partial charge on any atom is -0.390 e. The van der Waals surface area contributed by atoms with Crippen LogP contribution in [0.2, 0.25) is 0 Å². The molecule has 0 bridgehead atoms. The van der Waals surface area contributed by atoms with E-state index in [4.69, 9.17) is 0 Å². The Hall–Kier alpha value is -0.890. The van der Waals surface area contributed by atoms with E-state index in [1.54, 1.807) is 19.9 Å². The Balaban J connectivity index is 4.61. The maximum Gasteiger partial charge on any atom is 0.152 e. The zero-order chi connectivity index (χ0) is 12.1. The third-order valence-electron chi connectivity index (χ3n) is 2.25. The molecule has 0 aliphatic carbocycles. The molecule has 1 unspecified atom stereocenters. The van der Waals surface area contributed by atoms with Crippen LogP contribution in [0.5, 0.6) is 0 Å². The van der Waals surface area contributed by atoms with E-state index in [0.717, 1.165) is 6.42 Å². The summed E-state index contributed by atoms with van der Waals surface area (Å²) in [5.41, 5.74) is 0.429. The molecule has 0 aliphatic rings. The summed E-state index contributed by atoms with van der Waals surface area (Å²) >= 11 is 0. The van der Waals surface area contributed by atoms with E-state index in [2.05, 4.69) is 6.08 Å². The van der Waals surface area contributed by atoms with Crippen molar-refractivity contribution in [2.75, 3.05) is 0 Å². The smallest absolute Gasteiger partial charge is 0.152 e. The monoisotopic (exact) mass is 210 g/mol. The Kier molecular flexibility index (Phi) is 5.51. The minimum absolute atomic E-state index is 0.0152. The summed E-state index contributed by atoms with van der Waals surface area (Å²) in [5.74, 6) is -0.00208. The summed E-state index contributed by atoms with van der Waals surface area (Å²) < 4.78 is 0. The van der Waals surface area contributed by atoms with E-state index < -0.39 is 5.60 Å². The number of allylic oxidation sites excluding steroid dienone is 3. The first-order chi connectivity index (χ1) is 6.73. The van der Waals surface area contributed by atoms with Crippen LogP contribution in [0.25, 0.3) is 0 Å². The van der Waals surface area contributed by atoms with Gasteiger partial charge in [0.1, 0.15) is 0 Å². The second-order valence-electron chi connectivity index (χ2n) is 4.75. The summed E-state index contributed by atoms with van der Waals surface area (Å²) in [7, 11) is 0. The van der Waals surface area contributed by atoms with Gasteiger partial charge in [-0.2, -0.15) is 0 Å². The molecule has 2 heteroatoms. The van der Waals surface area contributed by atoms with Crippen molar-refractivity contribution in [2.24, 2.45) is 5.92 Å². The second kappa shape index (κ2) is 5.86. The molecule has 15 heavy (non-hydrogen) atoms. The van der Waals surface area contributed by atoms with Crippen molar-refractivity contribution in [3.05, 3.63) is 23.8 Å². The first-order valence-corrected chi connectivity index (χ1v) is 5.28. The second-order valence-corrected chi connectivity index (χ2v) is 4.75. The van der Waals surface area contributed by atoms with Gasteiger partial charge in [-0.05, 0) is 47.1 Å². The fourth-order valence-corrected chi connectivity index (χ4v) is 1.22. The molecule has 1 N–H and O–H groups in total. The Morgan fingerprint density at radius 2 is 1.87 bits per heavy atom. The molecule has 0 amide bonds. The van der Waals surface area contributed by atoms with Gasteiger partial charge in [0.05, 0.1) is 5.60 Å². The van der Waals surface area contributed by atoms with Crippen LogP contribution in [0.15, 0.2) is 23.8 Å². The Labute approximate surface area is 92.7 Å². The molecule has 0 fully saturated rings. The van der Waals surface area contributed by atoms with Gasteiger partial charge in [0.15, 0.2) is 5.78 Å². The highest BCUT2D eigenvalue weighted by Gasteiger charge is 2.23. The number of rotatable bonds is 5. The van der Waals surface area contributed by atoms with Crippen LogP contribution < -0.4 is 0 Å². The van der Waals surface area contributed by atoms with Crippen LogP contribution in [-0.4, -0.2) is 16.5 Å². The van der Waals surface area contributed by atoms with Crippen LogP contribution in [0, 0.1) is 5.92 Å². The molecule has 1 atom stereocenters. The largest absolute Gasteiger partial charge is 0.390 e. The van der Waals surface area contributed by atoms with Gasteiger partial charge in [-0.1, -0.05) is 17.7 Å². The van der Waals surface area contributed by atoms with Crippen molar-refractivity contribution in [1.29, 1.82) is 0 Å². The van der Waals surface area contributed by atoms with Gasteiger partial charge >= 0.3 is 0 Å². The van der Waals surface area contributed by atoms with Gasteiger partial charge in [-0.15, -0.1) is 0 Å². The summed E-state index contributed by atoms with van der Waals surface area (Å²) in [6, 6.07) is 0. The fraction of sp³-hybridized carbons (Fsp3) is 0.615. The maximum absolute atomic E-state index is 10.8. The molecule has 0 spiro atoms. The third kappa shape index (κ3) is 7.09. The maximum atomic E-state index is 10.8. The molecule has 86 valence electrons. The topological polar surface area (TPSA) is 37.3 Å². The lowest BCUT2D eigenvalue weighted by atomic mass is 9.87. The minimum atomic E-state index is -0.794. The lowest BCUT2D eigenvalue weighted by molar-refractivity contribution is -0.112. The molecular formula is C13H22O2. The lowest BCUT2D eigenvalue weighted by Gasteiger charge is -2.25. The van der Waals surface area contributed by atoms with E-state index in [9.17, 15) is 9.90 Å². The normalized spacial score (nSPS) is 14.0. The highest BCUT2D eigenvalue weighted by Crippen LogP contribution is 2.22. The zero-order valence-electron chi connectivity index (χ0n) is 10.4. The standard InChI is InChI=1S/C13H22O2/c1-10(2)6-8-12(13(4,5)15)9-7-11(3)14/h6-7,9,12,15H,8H2,1-5H3/b9-7+.